The van der Waals surface area contributed by atoms with Crippen LogP contribution >= 0.6 is 0 Å². The number of carbonyl (C=O) groups is 2. The van der Waals surface area contributed by atoms with Gasteiger partial charge in [-0.2, -0.15) is 4.80 Å². The molecule has 0 unspecified atom stereocenters. The highest BCUT2D eigenvalue weighted by Gasteiger charge is 2.38. The maximum Gasteiger partial charge on any atom is 0.266 e. The molecule has 5 aromatic rings. The smallest absolute Gasteiger partial charge is 0.266 e. The van der Waals surface area contributed by atoms with Crippen molar-refractivity contribution < 1.29 is 9.59 Å². The number of hydrogen-bond acceptors (Lipinski definition) is 4. The van der Waals surface area contributed by atoms with Crippen molar-refractivity contribution in [3.05, 3.63) is 119 Å². The van der Waals surface area contributed by atoms with Gasteiger partial charge in [-0.05, 0) is 70.3 Å². The number of nitrogens with zero attached hydrogens (tertiary/aromatic N) is 4. The van der Waals surface area contributed by atoms with Gasteiger partial charge in [0.25, 0.3) is 11.8 Å². The maximum absolute atomic E-state index is 13.3. The van der Waals surface area contributed by atoms with Gasteiger partial charge in [-0.25, -0.2) is 4.90 Å². The van der Waals surface area contributed by atoms with Gasteiger partial charge in [-0.1, -0.05) is 103 Å². The van der Waals surface area contributed by atoms with E-state index in [0.717, 1.165) is 12.1 Å². The topological polar surface area (TPSA) is 68.1 Å². The molecule has 1 aliphatic heterocycles. The van der Waals surface area contributed by atoms with Gasteiger partial charge in [-0.3, -0.25) is 9.59 Å². The number of amides is 2. The van der Waals surface area contributed by atoms with Gasteiger partial charge in [0.15, 0.2) is 0 Å². The Balaban J connectivity index is 1.47. The molecule has 6 heteroatoms. The first-order chi connectivity index (χ1) is 20.2. The van der Waals surface area contributed by atoms with E-state index in [1.165, 1.54) is 21.6 Å². The third-order valence-corrected chi connectivity index (χ3v) is 8.52. The molecular weight excluding hydrogens is 532 g/mol. The van der Waals surface area contributed by atoms with Crippen LogP contribution in [-0.4, -0.2) is 26.8 Å². The predicted molar refractivity (Wildman–Crippen MR) is 172 cm³/mol. The van der Waals surface area contributed by atoms with Crippen molar-refractivity contribution in [1.29, 1.82) is 0 Å². The Hall–Kier alpha value is -4.58. The van der Waals surface area contributed by atoms with E-state index in [9.17, 15) is 9.59 Å². The third-order valence-electron chi connectivity index (χ3n) is 8.52. The van der Waals surface area contributed by atoms with E-state index in [2.05, 4.69) is 90.9 Å². The second kappa shape index (κ2) is 10.0. The van der Waals surface area contributed by atoms with Crippen LogP contribution in [0.15, 0.2) is 91.0 Å². The van der Waals surface area contributed by atoms with Crippen molar-refractivity contribution in [2.24, 2.45) is 5.41 Å². The van der Waals surface area contributed by atoms with E-state index in [4.69, 9.17) is 10.2 Å². The Morgan fingerprint density at radius 2 is 1.09 bits per heavy atom. The van der Waals surface area contributed by atoms with Gasteiger partial charge >= 0.3 is 0 Å². The summed E-state index contributed by atoms with van der Waals surface area (Å²) in [6.45, 7) is 15.9. The van der Waals surface area contributed by atoms with Gasteiger partial charge in [-0.15, -0.1) is 10.2 Å². The molecule has 6 nitrogen and oxygen atoms in total. The average Bonchev–Trinajstić information content (AvgIpc) is 3.49. The zero-order chi connectivity index (χ0) is 30.7. The molecule has 0 spiro atoms. The van der Waals surface area contributed by atoms with Crippen LogP contribution in [0.4, 0.5) is 5.69 Å². The monoisotopic (exact) mass is 570 g/mol. The highest BCUT2D eigenvalue weighted by atomic mass is 16.2. The molecule has 6 rings (SSSR count). The molecule has 0 fully saturated rings. The van der Waals surface area contributed by atoms with Crippen LogP contribution < -0.4 is 4.90 Å². The van der Waals surface area contributed by atoms with Crippen molar-refractivity contribution in [3.63, 3.8) is 0 Å². The van der Waals surface area contributed by atoms with E-state index in [0.29, 0.717) is 27.8 Å². The lowest BCUT2D eigenvalue weighted by molar-refractivity contribution is 0.0926. The molecule has 0 saturated carbocycles. The van der Waals surface area contributed by atoms with E-state index < -0.39 is 0 Å². The molecule has 1 aliphatic rings. The summed E-state index contributed by atoms with van der Waals surface area (Å²) in [5.74, 6) is -0.694. The molecule has 0 aliphatic carbocycles. The van der Waals surface area contributed by atoms with Crippen LogP contribution in [-0.2, 0) is 10.8 Å². The van der Waals surface area contributed by atoms with Crippen LogP contribution in [0.25, 0.3) is 16.7 Å². The van der Waals surface area contributed by atoms with E-state index >= 15 is 0 Å². The lowest BCUT2D eigenvalue weighted by Gasteiger charge is -2.35. The van der Waals surface area contributed by atoms with Crippen molar-refractivity contribution >= 4 is 28.5 Å². The Labute approximate surface area is 253 Å². The normalized spacial score (nSPS) is 14.1. The van der Waals surface area contributed by atoms with Crippen LogP contribution in [0, 0.1) is 5.41 Å². The molecule has 2 amide bonds. The van der Waals surface area contributed by atoms with Crippen LogP contribution in [0.2, 0.25) is 0 Å². The van der Waals surface area contributed by atoms with Crippen molar-refractivity contribution in [1.82, 2.24) is 15.0 Å². The minimum Gasteiger partial charge on any atom is -0.268 e. The lowest BCUT2D eigenvalue weighted by Crippen LogP contribution is -2.29. The number of hydrogen-bond donors (Lipinski definition) is 0. The van der Waals surface area contributed by atoms with E-state index in [-0.39, 0.29) is 28.1 Å². The zero-order valence-corrected chi connectivity index (χ0v) is 26.0. The summed E-state index contributed by atoms with van der Waals surface area (Å²) in [6, 6.07) is 29.6. The standard InChI is InChI=1S/C37H38N4O2/c1-35(2,3)23-36(4,5)25-18-26(37(6,7)24-14-10-8-11-15-24)20-28(19-25)41-38-31-21-29-30(22-32(31)39-41)34(43)40(33(29)42)27-16-12-9-13-17-27/h8-22H,23H2,1-7H3. The predicted octanol–water partition coefficient (Wildman–Crippen LogP) is 8.26. The number of aromatic nitrogens is 3. The fourth-order valence-corrected chi connectivity index (χ4v) is 6.51. The molecule has 1 aromatic heterocycles. The first-order valence-corrected chi connectivity index (χ1v) is 14.8. The molecular formula is C37H38N4O2. The SMILES string of the molecule is CC(C)(C)CC(C)(C)c1cc(-n2nc3cc4c(cc3n2)C(=O)N(c2ccccc2)C4=O)cc(C(C)(C)c2ccccc2)c1. The van der Waals surface area contributed by atoms with Crippen LogP contribution in [0.3, 0.4) is 0 Å². The largest absolute Gasteiger partial charge is 0.268 e. The first-order valence-electron chi connectivity index (χ1n) is 14.8. The van der Waals surface area contributed by atoms with Crippen molar-refractivity contribution in [2.45, 2.75) is 65.7 Å². The first kappa shape index (κ1) is 28.5. The molecule has 0 bridgehead atoms. The highest BCUT2D eigenvalue weighted by Crippen LogP contribution is 2.40. The number of para-hydroxylation sites is 1. The molecule has 0 radical (unpaired) electrons. The Morgan fingerprint density at radius 1 is 0.581 bits per heavy atom. The lowest BCUT2D eigenvalue weighted by atomic mass is 9.70. The Bertz CT molecular complexity index is 1810. The number of anilines is 1. The zero-order valence-electron chi connectivity index (χ0n) is 26.0. The Kier molecular flexibility index (Phi) is 6.64. The van der Waals surface area contributed by atoms with E-state index in [1.54, 1.807) is 29.1 Å². The summed E-state index contributed by atoms with van der Waals surface area (Å²) in [5.41, 5.74) is 6.59. The van der Waals surface area contributed by atoms with Gasteiger partial charge < -0.3 is 0 Å². The summed E-state index contributed by atoms with van der Waals surface area (Å²) >= 11 is 0. The molecule has 4 aromatic carbocycles. The third kappa shape index (κ3) is 5.16. The number of imide groups is 1. The Morgan fingerprint density at radius 3 is 1.63 bits per heavy atom. The van der Waals surface area contributed by atoms with Crippen molar-refractivity contribution in [3.8, 4) is 5.69 Å². The molecule has 43 heavy (non-hydrogen) atoms. The minimum atomic E-state index is -0.347. The molecule has 2 heterocycles. The summed E-state index contributed by atoms with van der Waals surface area (Å²) in [4.78, 5) is 29.5. The number of carbonyl (C=O) groups excluding carboxylic acids is 2. The summed E-state index contributed by atoms with van der Waals surface area (Å²) in [5, 5.41) is 9.67. The van der Waals surface area contributed by atoms with Crippen LogP contribution in [0.1, 0.15) is 92.3 Å². The summed E-state index contributed by atoms with van der Waals surface area (Å²) in [6.07, 6.45) is 0.998. The van der Waals surface area contributed by atoms with E-state index in [1.807, 2.05) is 24.3 Å². The van der Waals surface area contributed by atoms with Gasteiger partial charge in [0.2, 0.25) is 0 Å². The maximum atomic E-state index is 13.3. The number of rotatable bonds is 6. The molecule has 0 atom stereocenters. The number of fused-ring (bicyclic) bond motifs is 2. The van der Waals surface area contributed by atoms with Gasteiger partial charge in [0.05, 0.1) is 22.5 Å². The summed E-state index contributed by atoms with van der Waals surface area (Å²) < 4.78 is 0. The number of benzene rings is 4. The highest BCUT2D eigenvalue weighted by molar-refractivity contribution is 6.35. The quantitative estimate of drug-likeness (QED) is 0.193. The van der Waals surface area contributed by atoms with Crippen LogP contribution in [0.5, 0.6) is 0 Å². The summed E-state index contributed by atoms with van der Waals surface area (Å²) in [7, 11) is 0. The second-order valence-corrected chi connectivity index (χ2v) is 14.0. The molecule has 218 valence electrons. The second-order valence-electron chi connectivity index (χ2n) is 14.0. The fourth-order valence-electron chi connectivity index (χ4n) is 6.51. The fraction of sp³-hybridized carbons (Fsp3) is 0.297. The molecule has 0 N–H and O–H groups in total. The van der Waals surface area contributed by atoms with Gasteiger partial charge in [0, 0.05) is 5.41 Å². The average molecular weight is 571 g/mol. The van der Waals surface area contributed by atoms with Crippen molar-refractivity contribution in [2.75, 3.05) is 4.90 Å². The molecule has 0 saturated heterocycles. The van der Waals surface area contributed by atoms with Gasteiger partial charge in [0.1, 0.15) is 11.0 Å². The minimum absolute atomic E-state index is 0.108.